The van der Waals surface area contributed by atoms with Crippen LogP contribution in [-0.2, 0) is 6.54 Å². The number of tetrazole rings is 1. The zero-order chi connectivity index (χ0) is 19.3. The second kappa shape index (κ2) is 7.79. The quantitative estimate of drug-likeness (QED) is 0.582. The van der Waals surface area contributed by atoms with Gasteiger partial charge in [0.2, 0.25) is 0 Å². The highest BCUT2D eigenvalue weighted by molar-refractivity contribution is 5.94. The fourth-order valence-electron chi connectivity index (χ4n) is 2.80. The molecule has 1 amide bonds. The van der Waals surface area contributed by atoms with Gasteiger partial charge >= 0.3 is 0 Å². The van der Waals surface area contributed by atoms with Gasteiger partial charge in [0.1, 0.15) is 5.82 Å². The van der Waals surface area contributed by atoms with Crippen molar-refractivity contribution in [3.8, 4) is 16.8 Å². The number of hydrogen-bond donors (Lipinski definition) is 1. The number of rotatable bonds is 5. The van der Waals surface area contributed by atoms with Gasteiger partial charge in [-0.1, -0.05) is 42.5 Å². The SMILES string of the molecule is O=C(NCc1nnnn1-c1ccc(F)cc1)c1ccc(-c2ccccc2)cc1. The third-order valence-corrected chi connectivity index (χ3v) is 4.27. The van der Waals surface area contributed by atoms with E-state index in [1.54, 1.807) is 24.3 Å². The van der Waals surface area contributed by atoms with E-state index in [1.807, 2.05) is 42.5 Å². The highest BCUT2D eigenvalue weighted by Gasteiger charge is 2.11. The number of nitrogens with one attached hydrogen (secondary N) is 1. The van der Waals surface area contributed by atoms with Crippen LogP contribution in [0.4, 0.5) is 4.39 Å². The van der Waals surface area contributed by atoms with Crippen LogP contribution in [0.1, 0.15) is 16.2 Å². The van der Waals surface area contributed by atoms with E-state index in [9.17, 15) is 9.18 Å². The summed E-state index contributed by atoms with van der Waals surface area (Å²) in [5, 5.41) is 14.3. The van der Waals surface area contributed by atoms with E-state index in [0.717, 1.165) is 11.1 Å². The van der Waals surface area contributed by atoms with Crippen molar-refractivity contribution < 1.29 is 9.18 Å². The largest absolute Gasteiger partial charge is 0.345 e. The molecule has 138 valence electrons. The topological polar surface area (TPSA) is 72.7 Å². The zero-order valence-corrected chi connectivity index (χ0v) is 14.8. The van der Waals surface area contributed by atoms with Crippen LogP contribution >= 0.6 is 0 Å². The third-order valence-electron chi connectivity index (χ3n) is 4.27. The van der Waals surface area contributed by atoms with Crippen molar-refractivity contribution in [1.82, 2.24) is 25.5 Å². The molecule has 1 N–H and O–H groups in total. The van der Waals surface area contributed by atoms with Gasteiger partial charge in [0.05, 0.1) is 12.2 Å². The number of hydrogen-bond acceptors (Lipinski definition) is 4. The van der Waals surface area contributed by atoms with E-state index >= 15 is 0 Å². The van der Waals surface area contributed by atoms with Crippen LogP contribution in [0.5, 0.6) is 0 Å². The second-order valence-electron chi connectivity index (χ2n) is 6.11. The second-order valence-corrected chi connectivity index (χ2v) is 6.11. The summed E-state index contributed by atoms with van der Waals surface area (Å²) in [6.45, 7) is 0.143. The molecule has 0 atom stereocenters. The minimum absolute atomic E-state index is 0.143. The fourth-order valence-corrected chi connectivity index (χ4v) is 2.80. The molecule has 0 saturated carbocycles. The summed E-state index contributed by atoms with van der Waals surface area (Å²) >= 11 is 0. The Labute approximate surface area is 160 Å². The Morgan fingerprint density at radius 3 is 2.29 bits per heavy atom. The van der Waals surface area contributed by atoms with Crippen molar-refractivity contribution >= 4 is 5.91 Å². The summed E-state index contributed by atoms with van der Waals surface area (Å²) in [5.41, 5.74) is 3.29. The maximum absolute atomic E-state index is 13.1. The van der Waals surface area contributed by atoms with Crippen LogP contribution in [0.3, 0.4) is 0 Å². The highest BCUT2D eigenvalue weighted by Crippen LogP contribution is 2.19. The van der Waals surface area contributed by atoms with Crippen LogP contribution in [-0.4, -0.2) is 26.1 Å². The van der Waals surface area contributed by atoms with Crippen LogP contribution in [0, 0.1) is 5.82 Å². The van der Waals surface area contributed by atoms with Crippen LogP contribution in [0.25, 0.3) is 16.8 Å². The predicted molar refractivity (Wildman–Crippen MR) is 102 cm³/mol. The molecule has 0 aliphatic carbocycles. The van der Waals surface area contributed by atoms with Gasteiger partial charge in [-0.3, -0.25) is 4.79 Å². The molecule has 1 aromatic heterocycles. The first-order chi connectivity index (χ1) is 13.7. The molecule has 6 nitrogen and oxygen atoms in total. The van der Waals surface area contributed by atoms with E-state index in [0.29, 0.717) is 17.1 Å². The minimum Gasteiger partial charge on any atom is -0.345 e. The van der Waals surface area contributed by atoms with Crippen molar-refractivity contribution in [3.63, 3.8) is 0 Å². The molecular formula is C21H16FN5O. The van der Waals surface area contributed by atoms with Crippen molar-refractivity contribution in [1.29, 1.82) is 0 Å². The first kappa shape index (κ1) is 17.5. The molecule has 0 aliphatic heterocycles. The van der Waals surface area contributed by atoms with Crippen molar-refractivity contribution in [2.45, 2.75) is 6.54 Å². The Kier molecular flexibility index (Phi) is 4.88. The lowest BCUT2D eigenvalue weighted by molar-refractivity contribution is 0.0949. The van der Waals surface area contributed by atoms with Gasteiger partial charge in [0, 0.05) is 5.56 Å². The first-order valence-corrected chi connectivity index (χ1v) is 8.67. The molecule has 3 aromatic carbocycles. The molecule has 0 spiro atoms. The van der Waals surface area contributed by atoms with Crippen LogP contribution < -0.4 is 5.32 Å². The Bertz CT molecular complexity index is 1080. The fraction of sp³-hybridized carbons (Fsp3) is 0.0476. The number of nitrogens with zero attached hydrogens (tertiary/aromatic N) is 4. The monoisotopic (exact) mass is 373 g/mol. The molecule has 0 radical (unpaired) electrons. The summed E-state index contributed by atoms with van der Waals surface area (Å²) in [6.07, 6.45) is 0. The molecule has 0 unspecified atom stereocenters. The number of carbonyl (C=O) groups excluding carboxylic acids is 1. The maximum atomic E-state index is 13.1. The van der Waals surface area contributed by atoms with E-state index in [1.165, 1.54) is 16.8 Å². The summed E-state index contributed by atoms with van der Waals surface area (Å²) in [7, 11) is 0. The Balaban J connectivity index is 1.44. The lowest BCUT2D eigenvalue weighted by Gasteiger charge is -2.07. The lowest BCUT2D eigenvalue weighted by Crippen LogP contribution is -2.24. The number of aromatic nitrogens is 4. The summed E-state index contributed by atoms with van der Waals surface area (Å²) in [6, 6.07) is 23.1. The van der Waals surface area contributed by atoms with E-state index in [-0.39, 0.29) is 18.3 Å². The minimum atomic E-state index is -0.342. The third kappa shape index (κ3) is 3.78. The van der Waals surface area contributed by atoms with Gasteiger partial charge < -0.3 is 5.32 Å². The van der Waals surface area contributed by atoms with Gasteiger partial charge in [-0.05, 0) is 58.0 Å². The summed E-state index contributed by atoms with van der Waals surface area (Å²) < 4.78 is 14.5. The molecular weight excluding hydrogens is 357 g/mol. The van der Waals surface area contributed by atoms with Crippen LogP contribution in [0.2, 0.25) is 0 Å². The Morgan fingerprint density at radius 2 is 1.57 bits per heavy atom. The van der Waals surface area contributed by atoms with Gasteiger partial charge in [-0.2, -0.15) is 4.68 Å². The number of halogens is 1. The van der Waals surface area contributed by atoms with Gasteiger partial charge in [-0.15, -0.1) is 5.10 Å². The zero-order valence-electron chi connectivity index (χ0n) is 14.8. The van der Waals surface area contributed by atoms with Gasteiger partial charge in [-0.25, -0.2) is 4.39 Å². The average molecular weight is 373 g/mol. The molecule has 28 heavy (non-hydrogen) atoms. The van der Waals surface area contributed by atoms with Crippen molar-refractivity contribution in [3.05, 3.63) is 96.1 Å². The number of amides is 1. The molecule has 0 bridgehead atoms. The predicted octanol–water partition coefficient (Wildman–Crippen LogP) is 3.40. The van der Waals surface area contributed by atoms with Crippen LogP contribution in [0.15, 0.2) is 78.9 Å². The molecule has 0 saturated heterocycles. The number of benzene rings is 3. The maximum Gasteiger partial charge on any atom is 0.251 e. The normalized spacial score (nSPS) is 10.6. The van der Waals surface area contributed by atoms with E-state index in [2.05, 4.69) is 20.8 Å². The van der Waals surface area contributed by atoms with Crippen molar-refractivity contribution in [2.24, 2.45) is 0 Å². The lowest BCUT2D eigenvalue weighted by atomic mass is 10.0. The van der Waals surface area contributed by atoms with Gasteiger partial charge in [0.15, 0.2) is 5.82 Å². The van der Waals surface area contributed by atoms with Crippen molar-refractivity contribution in [2.75, 3.05) is 0 Å². The Hall–Kier alpha value is -3.87. The highest BCUT2D eigenvalue weighted by atomic mass is 19.1. The molecule has 4 aromatic rings. The molecule has 4 rings (SSSR count). The molecule has 7 heteroatoms. The standard InChI is InChI=1S/C21H16FN5O/c22-18-10-12-19(13-11-18)27-20(24-25-26-27)14-23-21(28)17-8-6-16(7-9-17)15-4-2-1-3-5-15/h1-13H,14H2,(H,23,28). The average Bonchev–Trinajstić information content (AvgIpc) is 3.22. The Morgan fingerprint density at radius 1 is 0.893 bits per heavy atom. The van der Waals surface area contributed by atoms with E-state index in [4.69, 9.17) is 0 Å². The molecule has 0 fully saturated rings. The first-order valence-electron chi connectivity index (χ1n) is 8.67. The summed E-state index contributed by atoms with van der Waals surface area (Å²) in [4.78, 5) is 12.4. The number of carbonyl (C=O) groups is 1. The van der Waals surface area contributed by atoms with Gasteiger partial charge in [0.25, 0.3) is 5.91 Å². The van der Waals surface area contributed by atoms with E-state index < -0.39 is 0 Å². The summed E-state index contributed by atoms with van der Waals surface area (Å²) in [5.74, 6) is -0.125. The molecule has 0 aliphatic rings. The smallest absolute Gasteiger partial charge is 0.251 e. The molecule has 1 heterocycles.